The second-order valence-electron chi connectivity index (χ2n) is 7.26. The molecule has 0 N–H and O–H groups in total. The Labute approximate surface area is 169 Å². The molecule has 7 nitrogen and oxygen atoms in total. The lowest BCUT2D eigenvalue weighted by Crippen LogP contribution is -2.40. The van der Waals surface area contributed by atoms with Crippen LogP contribution in [0, 0.1) is 12.8 Å². The number of likely N-dealkylation sites (tertiary alicyclic amines) is 1. The molecule has 3 rings (SSSR count). The maximum atomic E-state index is 12.6. The predicted octanol–water partition coefficient (Wildman–Crippen LogP) is 2.84. The summed E-state index contributed by atoms with van der Waals surface area (Å²) < 4.78 is 15.7. The highest BCUT2D eigenvalue weighted by atomic mass is 16.5. The smallest absolute Gasteiger partial charge is 0.339 e. The molecule has 1 aromatic heterocycles. The van der Waals surface area contributed by atoms with E-state index in [0.29, 0.717) is 55.9 Å². The van der Waals surface area contributed by atoms with E-state index < -0.39 is 5.63 Å². The number of carbonyl (C=O) groups excluding carboxylic acids is 2. The van der Waals surface area contributed by atoms with E-state index >= 15 is 0 Å². The molecule has 1 amide bonds. The van der Waals surface area contributed by atoms with E-state index in [9.17, 15) is 14.4 Å². The molecule has 1 aliphatic rings. The Morgan fingerprint density at radius 3 is 2.62 bits per heavy atom. The molecule has 156 valence electrons. The number of hydrogen-bond donors (Lipinski definition) is 0. The van der Waals surface area contributed by atoms with Gasteiger partial charge in [-0.15, -0.1) is 0 Å². The largest absolute Gasteiger partial charge is 0.497 e. The Kier molecular flexibility index (Phi) is 6.56. The van der Waals surface area contributed by atoms with Gasteiger partial charge < -0.3 is 18.8 Å². The number of aryl methyl sites for hydroxylation is 1. The minimum absolute atomic E-state index is 0.0130. The van der Waals surface area contributed by atoms with Crippen LogP contribution in [0.15, 0.2) is 27.4 Å². The first-order chi connectivity index (χ1) is 13.9. The number of ether oxygens (including phenoxy) is 2. The molecule has 0 saturated carbocycles. The zero-order valence-electron chi connectivity index (χ0n) is 17.2. The maximum Gasteiger partial charge on any atom is 0.339 e. The number of methoxy groups -OCH3 is 1. The summed E-state index contributed by atoms with van der Waals surface area (Å²) in [6, 6.07) is 5.36. The van der Waals surface area contributed by atoms with Gasteiger partial charge in [-0.05, 0) is 50.8 Å². The van der Waals surface area contributed by atoms with Crippen molar-refractivity contribution in [3.05, 3.63) is 39.7 Å². The standard InChI is InChI=1S/C22H27NO6/c1-4-28-21(25)15-9-11-23(12-10-15)20(24)8-7-18-14(2)17-6-5-16(27-3)13-19(17)29-22(18)26/h5-6,13,15H,4,7-12H2,1-3H3. The second-order valence-corrected chi connectivity index (χ2v) is 7.26. The predicted molar refractivity (Wildman–Crippen MR) is 108 cm³/mol. The highest BCUT2D eigenvalue weighted by Crippen LogP contribution is 2.25. The molecule has 0 aliphatic carbocycles. The molecule has 0 unspecified atom stereocenters. The third kappa shape index (κ3) is 4.60. The molecule has 2 heterocycles. The fraction of sp³-hybridized carbons (Fsp3) is 0.500. The van der Waals surface area contributed by atoms with E-state index in [1.807, 2.05) is 19.1 Å². The first-order valence-electron chi connectivity index (χ1n) is 9.99. The second kappa shape index (κ2) is 9.11. The van der Waals surface area contributed by atoms with Gasteiger partial charge in [0.2, 0.25) is 5.91 Å². The van der Waals surface area contributed by atoms with Gasteiger partial charge in [-0.1, -0.05) is 0 Å². The van der Waals surface area contributed by atoms with Crippen molar-refractivity contribution in [1.82, 2.24) is 4.90 Å². The molecule has 2 aromatic rings. The summed E-state index contributed by atoms with van der Waals surface area (Å²) in [6.07, 6.45) is 1.79. The van der Waals surface area contributed by atoms with E-state index in [-0.39, 0.29) is 24.2 Å². The van der Waals surface area contributed by atoms with Crippen LogP contribution in [0.2, 0.25) is 0 Å². The van der Waals surface area contributed by atoms with Gasteiger partial charge in [0.05, 0.1) is 19.6 Å². The van der Waals surface area contributed by atoms with E-state index in [4.69, 9.17) is 13.9 Å². The molecule has 1 aromatic carbocycles. The van der Waals surface area contributed by atoms with Crippen LogP contribution in [0.5, 0.6) is 5.75 Å². The molecule has 0 atom stereocenters. The fourth-order valence-corrected chi connectivity index (χ4v) is 3.81. The van der Waals surface area contributed by atoms with Gasteiger partial charge in [0.25, 0.3) is 0 Å². The van der Waals surface area contributed by atoms with Gasteiger partial charge in [-0.25, -0.2) is 4.79 Å². The van der Waals surface area contributed by atoms with Gasteiger partial charge in [0, 0.05) is 36.5 Å². The Bertz CT molecular complexity index is 956. The van der Waals surface area contributed by atoms with E-state index in [1.54, 1.807) is 25.0 Å². The van der Waals surface area contributed by atoms with Crippen molar-refractivity contribution >= 4 is 22.8 Å². The molecule has 1 aliphatic heterocycles. The van der Waals surface area contributed by atoms with Gasteiger partial charge in [-0.2, -0.15) is 0 Å². The number of rotatable bonds is 6. The average Bonchev–Trinajstić information content (AvgIpc) is 2.73. The van der Waals surface area contributed by atoms with Crippen LogP contribution in [0.1, 0.15) is 37.3 Å². The summed E-state index contributed by atoms with van der Waals surface area (Å²) in [5.41, 5.74) is 1.41. The van der Waals surface area contributed by atoms with Crippen LogP contribution in [-0.4, -0.2) is 43.6 Å². The number of benzene rings is 1. The topological polar surface area (TPSA) is 86.1 Å². The van der Waals surface area contributed by atoms with Crippen LogP contribution < -0.4 is 10.4 Å². The molecular formula is C22H27NO6. The van der Waals surface area contributed by atoms with E-state index in [0.717, 1.165) is 10.9 Å². The fourth-order valence-electron chi connectivity index (χ4n) is 3.81. The summed E-state index contributed by atoms with van der Waals surface area (Å²) in [5.74, 6) is 0.293. The molecule has 0 spiro atoms. The van der Waals surface area contributed by atoms with Crippen molar-refractivity contribution < 1.29 is 23.5 Å². The van der Waals surface area contributed by atoms with E-state index in [1.165, 1.54) is 0 Å². The van der Waals surface area contributed by atoms with Crippen LogP contribution >= 0.6 is 0 Å². The number of fused-ring (bicyclic) bond motifs is 1. The van der Waals surface area contributed by atoms with Crippen molar-refractivity contribution in [3.63, 3.8) is 0 Å². The summed E-state index contributed by atoms with van der Waals surface area (Å²) >= 11 is 0. The van der Waals surface area contributed by atoms with Gasteiger partial charge in [0.1, 0.15) is 11.3 Å². The number of amides is 1. The van der Waals surface area contributed by atoms with Crippen LogP contribution in [0.3, 0.4) is 0 Å². The van der Waals surface area contributed by atoms with Crippen molar-refractivity contribution in [2.75, 3.05) is 26.8 Å². The van der Waals surface area contributed by atoms with Gasteiger partial charge >= 0.3 is 11.6 Å². The Morgan fingerprint density at radius 1 is 1.24 bits per heavy atom. The molecule has 1 saturated heterocycles. The number of carbonyl (C=O) groups is 2. The minimum Gasteiger partial charge on any atom is -0.497 e. The summed E-state index contributed by atoms with van der Waals surface area (Å²) in [6.45, 7) is 5.11. The first kappa shape index (κ1) is 20.9. The lowest BCUT2D eigenvalue weighted by molar-refractivity contribution is -0.151. The van der Waals surface area contributed by atoms with Gasteiger partial charge in [0.15, 0.2) is 0 Å². The first-order valence-corrected chi connectivity index (χ1v) is 9.99. The third-order valence-corrected chi connectivity index (χ3v) is 5.55. The number of piperidine rings is 1. The Hall–Kier alpha value is -2.83. The van der Waals surface area contributed by atoms with Crippen molar-refractivity contribution in [3.8, 4) is 5.75 Å². The average molecular weight is 401 g/mol. The zero-order chi connectivity index (χ0) is 21.0. The number of hydrogen-bond acceptors (Lipinski definition) is 6. The van der Waals surface area contributed by atoms with Crippen molar-refractivity contribution in [2.45, 2.75) is 39.5 Å². The molecule has 29 heavy (non-hydrogen) atoms. The van der Waals surface area contributed by atoms with E-state index in [2.05, 4.69) is 0 Å². The highest BCUT2D eigenvalue weighted by molar-refractivity contribution is 5.83. The normalized spacial score (nSPS) is 14.8. The third-order valence-electron chi connectivity index (χ3n) is 5.55. The van der Waals surface area contributed by atoms with Crippen molar-refractivity contribution in [1.29, 1.82) is 0 Å². The van der Waals surface area contributed by atoms with Crippen LogP contribution in [0.4, 0.5) is 0 Å². The SMILES string of the molecule is CCOC(=O)C1CCN(C(=O)CCc2c(C)c3ccc(OC)cc3oc2=O)CC1. The Morgan fingerprint density at radius 2 is 1.97 bits per heavy atom. The van der Waals surface area contributed by atoms with Crippen molar-refractivity contribution in [2.24, 2.45) is 5.92 Å². The monoisotopic (exact) mass is 401 g/mol. The molecular weight excluding hydrogens is 374 g/mol. The maximum absolute atomic E-state index is 12.6. The quantitative estimate of drug-likeness (QED) is 0.547. The Balaban J connectivity index is 1.64. The molecule has 0 radical (unpaired) electrons. The summed E-state index contributed by atoms with van der Waals surface area (Å²) in [7, 11) is 1.56. The lowest BCUT2D eigenvalue weighted by atomic mass is 9.96. The molecule has 7 heteroatoms. The van der Waals surface area contributed by atoms with Crippen LogP contribution in [-0.2, 0) is 20.7 Å². The summed E-state index contributed by atoms with van der Waals surface area (Å²) in [5, 5.41) is 0.836. The zero-order valence-corrected chi connectivity index (χ0v) is 17.2. The number of esters is 1. The highest BCUT2D eigenvalue weighted by Gasteiger charge is 2.28. The number of nitrogens with zero attached hydrogens (tertiary/aromatic N) is 1. The molecule has 0 bridgehead atoms. The summed E-state index contributed by atoms with van der Waals surface area (Å²) in [4.78, 5) is 38.6. The molecule has 1 fully saturated rings. The lowest BCUT2D eigenvalue weighted by Gasteiger charge is -2.31. The van der Waals surface area contributed by atoms with Gasteiger partial charge in [-0.3, -0.25) is 9.59 Å². The minimum atomic E-state index is -0.419. The van der Waals surface area contributed by atoms with Crippen LogP contribution in [0.25, 0.3) is 11.0 Å².